The van der Waals surface area contributed by atoms with Gasteiger partial charge in [-0.25, -0.2) is 0 Å². The molecule has 0 saturated carbocycles. The van der Waals surface area contributed by atoms with Gasteiger partial charge in [0, 0.05) is 19.0 Å². The second kappa shape index (κ2) is 4.34. The molecular weight excluding hydrogens is 182 g/mol. The third-order valence-electron chi connectivity index (χ3n) is 2.08. The Balaban J connectivity index is 1.95. The summed E-state index contributed by atoms with van der Waals surface area (Å²) in [6.45, 7) is 1.80. The van der Waals surface area contributed by atoms with Crippen molar-refractivity contribution in [2.24, 2.45) is 5.73 Å². The lowest BCUT2D eigenvalue weighted by Crippen LogP contribution is -2.16. The van der Waals surface area contributed by atoms with Crippen molar-refractivity contribution in [3.8, 4) is 5.88 Å². The number of rotatable bonds is 3. The molecule has 2 rings (SSSR count). The smallest absolute Gasteiger partial charge is 0.233 e. The number of hydrogen-bond acceptors (Lipinski definition) is 5. The van der Waals surface area contributed by atoms with Crippen molar-refractivity contribution in [3.05, 3.63) is 17.8 Å². The average molecular weight is 195 g/mol. The third-order valence-corrected chi connectivity index (χ3v) is 2.08. The predicted molar refractivity (Wildman–Crippen MR) is 49.8 cm³/mol. The first kappa shape index (κ1) is 9.36. The van der Waals surface area contributed by atoms with Gasteiger partial charge in [0.2, 0.25) is 5.88 Å². The minimum atomic E-state index is 0.119. The molecule has 0 aromatic carbocycles. The van der Waals surface area contributed by atoms with Crippen molar-refractivity contribution in [1.82, 2.24) is 10.2 Å². The fourth-order valence-electron chi connectivity index (χ4n) is 1.30. The molecule has 0 aliphatic carbocycles. The van der Waals surface area contributed by atoms with Gasteiger partial charge in [0.1, 0.15) is 6.10 Å². The van der Waals surface area contributed by atoms with Gasteiger partial charge < -0.3 is 15.2 Å². The van der Waals surface area contributed by atoms with Crippen LogP contribution in [0.15, 0.2) is 12.1 Å². The molecule has 1 atom stereocenters. The lowest BCUT2D eigenvalue weighted by atomic mass is 10.3. The van der Waals surface area contributed by atoms with E-state index in [0.717, 1.165) is 18.7 Å². The van der Waals surface area contributed by atoms with E-state index < -0.39 is 0 Å². The van der Waals surface area contributed by atoms with Crippen molar-refractivity contribution >= 4 is 0 Å². The van der Waals surface area contributed by atoms with E-state index in [4.69, 9.17) is 15.2 Å². The molecule has 5 heteroatoms. The van der Waals surface area contributed by atoms with Gasteiger partial charge in [-0.2, -0.15) is 5.10 Å². The van der Waals surface area contributed by atoms with Gasteiger partial charge >= 0.3 is 0 Å². The second-order valence-electron chi connectivity index (χ2n) is 3.17. The lowest BCUT2D eigenvalue weighted by Gasteiger charge is -2.09. The highest BCUT2D eigenvalue weighted by atomic mass is 16.5. The highest BCUT2D eigenvalue weighted by Gasteiger charge is 2.17. The molecule has 76 valence electrons. The maximum absolute atomic E-state index is 5.54. The zero-order chi connectivity index (χ0) is 9.80. The predicted octanol–water partition coefficient (Wildman–Crippen LogP) is 0.103. The van der Waals surface area contributed by atoms with Gasteiger partial charge in [0.05, 0.1) is 18.9 Å². The summed E-state index contributed by atoms with van der Waals surface area (Å²) in [5.41, 5.74) is 6.16. The van der Waals surface area contributed by atoms with Crippen LogP contribution in [-0.4, -0.2) is 29.5 Å². The molecule has 1 aliphatic rings. The maximum Gasteiger partial charge on any atom is 0.233 e. The lowest BCUT2D eigenvalue weighted by molar-refractivity contribution is 0.137. The quantitative estimate of drug-likeness (QED) is 0.740. The minimum Gasteiger partial charge on any atom is -0.471 e. The minimum absolute atomic E-state index is 0.119. The first-order valence-electron chi connectivity index (χ1n) is 4.65. The van der Waals surface area contributed by atoms with Crippen molar-refractivity contribution in [1.29, 1.82) is 0 Å². The Morgan fingerprint density at radius 2 is 2.43 bits per heavy atom. The van der Waals surface area contributed by atoms with E-state index in [1.165, 1.54) is 0 Å². The molecule has 5 nitrogen and oxygen atoms in total. The molecule has 1 aliphatic heterocycles. The topological polar surface area (TPSA) is 70.3 Å². The zero-order valence-electron chi connectivity index (χ0n) is 7.85. The van der Waals surface area contributed by atoms with Gasteiger partial charge in [0.15, 0.2) is 0 Å². The first-order chi connectivity index (χ1) is 6.88. The van der Waals surface area contributed by atoms with E-state index in [2.05, 4.69) is 10.2 Å². The standard InChI is InChI=1S/C9H13N3O2/c10-5-7-1-2-9(12-11-7)14-8-3-4-13-6-8/h1-2,8H,3-6,10H2. The fraction of sp³-hybridized carbons (Fsp3) is 0.556. The molecule has 2 N–H and O–H groups in total. The van der Waals surface area contributed by atoms with Gasteiger partial charge in [-0.1, -0.05) is 0 Å². The van der Waals surface area contributed by atoms with Crippen molar-refractivity contribution in [2.45, 2.75) is 19.1 Å². The first-order valence-corrected chi connectivity index (χ1v) is 4.65. The Labute approximate surface area is 82.2 Å². The van der Waals surface area contributed by atoms with Crippen LogP contribution in [0, 0.1) is 0 Å². The van der Waals surface area contributed by atoms with E-state index in [9.17, 15) is 0 Å². The SMILES string of the molecule is NCc1ccc(OC2CCOC2)nn1. The Morgan fingerprint density at radius 1 is 1.50 bits per heavy atom. The molecular formula is C9H13N3O2. The summed E-state index contributed by atoms with van der Waals surface area (Å²) in [5.74, 6) is 0.540. The molecule has 1 fully saturated rings. The highest BCUT2D eigenvalue weighted by molar-refractivity contribution is 5.11. The van der Waals surface area contributed by atoms with Crippen LogP contribution < -0.4 is 10.5 Å². The summed E-state index contributed by atoms with van der Waals surface area (Å²) in [7, 11) is 0. The molecule has 2 heterocycles. The molecule has 0 amide bonds. The Morgan fingerprint density at radius 3 is 3.00 bits per heavy atom. The molecule has 1 unspecified atom stereocenters. The van der Waals surface area contributed by atoms with E-state index >= 15 is 0 Å². The molecule has 1 aromatic heterocycles. The number of ether oxygens (including phenoxy) is 2. The molecule has 14 heavy (non-hydrogen) atoms. The van der Waals surface area contributed by atoms with E-state index in [1.54, 1.807) is 6.07 Å². The van der Waals surface area contributed by atoms with Gasteiger partial charge in [0.25, 0.3) is 0 Å². The maximum atomic E-state index is 5.54. The average Bonchev–Trinajstić information content (AvgIpc) is 2.72. The summed E-state index contributed by atoms with van der Waals surface area (Å²) >= 11 is 0. The largest absolute Gasteiger partial charge is 0.471 e. The summed E-state index contributed by atoms with van der Waals surface area (Å²) in [4.78, 5) is 0. The van der Waals surface area contributed by atoms with Gasteiger partial charge in [-0.05, 0) is 6.07 Å². The third kappa shape index (κ3) is 2.18. The van der Waals surface area contributed by atoms with Crippen LogP contribution in [0.25, 0.3) is 0 Å². The molecule has 0 bridgehead atoms. The number of nitrogens with zero attached hydrogens (tertiary/aromatic N) is 2. The van der Waals surface area contributed by atoms with Crippen molar-refractivity contribution < 1.29 is 9.47 Å². The van der Waals surface area contributed by atoms with Crippen LogP contribution in [-0.2, 0) is 11.3 Å². The number of aromatic nitrogens is 2. The molecule has 1 aromatic rings. The van der Waals surface area contributed by atoms with Crippen molar-refractivity contribution in [3.63, 3.8) is 0 Å². The van der Waals surface area contributed by atoms with Crippen LogP contribution in [0.4, 0.5) is 0 Å². The van der Waals surface area contributed by atoms with E-state index in [0.29, 0.717) is 19.0 Å². The Kier molecular flexibility index (Phi) is 2.90. The highest BCUT2D eigenvalue weighted by Crippen LogP contribution is 2.13. The van der Waals surface area contributed by atoms with Crippen LogP contribution in [0.5, 0.6) is 5.88 Å². The Bertz CT molecular complexity index is 283. The summed E-state index contributed by atoms with van der Waals surface area (Å²) in [6, 6.07) is 3.60. The van der Waals surface area contributed by atoms with E-state index in [1.807, 2.05) is 6.07 Å². The van der Waals surface area contributed by atoms with E-state index in [-0.39, 0.29) is 6.10 Å². The zero-order valence-corrected chi connectivity index (χ0v) is 7.85. The van der Waals surface area contributed by atoms with Crippen LogP contribution in [0.1, 0.15) is 12.1 Å². The number of hydrogen-bond donors (Lipinski definition) is 1. The van der Waals surface area contributed by atoms with Crippen molar-refractivity contribution in [2.75, 3.05) is 13.2 Å². The van der Waals surface area contributed by atoms with Crippen LogP contribution in [0.2, 0.25) is 0 Å². The van der Waals surface area contributed by atoms with Gasteiger partial charge in [-0.15, -0.1) is 5.10 Å². The fourth-order valence-corrected chi connectivity index (χ4v) is 1.30. The molecule has 1 saturated heterocycles. The van der Waals surface area contributed by atoms with Crippen LogP contribution >= 0.6 is 0 Å². The number of nitrogens with two attached hydrogens (primary N) is 1. The summed E-state index contributed by atoms with van der Waals surface area (Å²) < 4.78 is 10.7. The monoisotopic (exact) mass is 195 g/mol. The van der Waals surface area contributed by atoms with Crippen LogP contribution in [0.3, 0.4) is 0 Å². The normalized spacial score (nSPS) is 21.1. The molecule has 0 spiro atoms. The Hall–Kier alpha value is -1.20. The summed E-state index contributed by atoms with van der Waals surface area (Å²) in [5, 5.41) is 7.80. The molecule has 0 radical (unpaired) electrons. The second-order valence-corrected chi connectivity index (χ2v) is 3.17. The summed E-state index contributed by atoms with van der Waals surface area (Å²) in [6.07, 6.45) is 1.04. The van der Waals surface area contributed by atoms with Gasteiger partial charge in [-0.3, -0.25) is 0 Å².